The van der Waals surface area contributed by atoms with Gasteiger partial charge < -0.3 is 9.84 Å². The van der Waals surface area contributed by atoms with E-state index >= 15 is 0 Å². The topological polar surface area (TPSA) is 46.5 Å². The Morgan fingerprint density at radius 1 is 1.35 bits per heavy atom. The number of aliphatic carboxylic acids is 1. The summed E-state index contributed by atoms with van der Waals surface area (Å²) in [6.45, 7) is 0. The first kappa shape index (κ1) is 13.4. The third kappa shape index (κ3) is 2.18. The normalized spacial score (nSPS) is 16.1. The van der Waals surface area contributed by atoms with Gasteiger partial charge in [-0.2, -0.15) is 0 Å². The molecule has 3 rings (SSSR count). The molecule has 1 aliphatic carbocycles. The maximum Gasteiger partial charge on any atom is 0.304 e. The van der Waals surface area contributed by atoms with Crippen LogP contribution in [-0.2, 0) is 10.2 Å². The average molecular weight is 335 g/mol. The van der Waals surface area contributed by atoms with Crippen LogP contribution in [0.4, 0.5) is 0 Å². The van der Waals surface area contributed by atoms with Gasteiger partial charge in [-0.3, -0.25) is 4.79 Å². The van der Waals surface area contributed by atoms with Gasteiger partial charge in [0.15, 0.2) is 0 Å². The molecule has 0 bridgehead atoms. The molecule has 0 unspecified atom stereocenters. The molecule has 0 aliphatic heterocycles. The molecule has 0 saturated heterocycles. The van der Waals surface area contributed by atoms with E-state index in [1.54, 1.807) is 7.11 Å². The lowest BCUT2D eigenvalue weighted by Gasteiger charge is -2.20. The number of ether oxygens (including phenoxy) is 1. The van der Waals surface area contributed by atoms with E-state index in [9.17, 15) is 9.90 Å². The monoisotopic (exact) mass is 334 g/mol. The molecule has 3 nitrogen and oxygen atoms in total. The highest BCUT2D eigenvalue weighted by Gasteiger charge is 2.48. The van der Waals surface area contributed by atoms with Crippen molar-refractivity contribution in [2.24, 2.45) is 0 Å². The Bertz CT molecular complexity index is 689. The fourth-order valence-electron chi connectivity index (χ4n) is 2.95. The zero-order valence-corrected chi connectivity index (χ0v) is 12.7. The predicted molar refractivity (Wildman–Crippen MR) is 81.4 cm³/mol. The molecule has 0 spiro atoms. The minimum atomic E-state index is -0.751. The second-order valence-corrected chi connectivity index (χ2v) is 6.27. The molecular formula is C16H15BrO3. The zero-order chi connectivity index (χ0) is 14.3. The Morgan fingerprint density at radius 3 is 2.70 bits per heavy atom. The Labute approximate surface area is 125 Å². The number of hydrogen-bond donors (Lipinski definition) is 1. The molecule has 2 aromatic rings. The molecule has 0 amide bonds. The number of fused-ring (bicyclic) bond motifs is 1. The van der Waals surface area contributed by atoms with Crippen LogP contribution >= 0.6 is 15.9 Å². The van der Waals surface area contributed by atoms with Gasteiger partial charge >= 0.3 is 5.97 Å². The summed E-state index contributed by atoms with van der Waals surface area (Å²) < 4.78 is 6.50. The van der Waals surface area contributed by atoms with Gasteiger partial charge in [0, 0.05) is 15.5 Å². The third-order valence-corrected chi connectivity index (χ3v) is 4.53. The van der Waals surface area contributed by atoms with E-state index in [1.807, 2.05) is 24.3 Å². The summed E-state index contributed by atoms with van der Waals surface area (Å²) in [5.41, 5.74) is 0.789. The highest BCUT2D eigenvalue weighted by Crippen LogP contribution is 2.56. The van der Waals surface area contributed by atoms with Gasteiger partial charge in [0.05, 0.1) is 13.5 Å². The molecule has 1 fully saturated rings. The molecule has 0 aromatic heterocycles. The molecule has 1 aliphatic rings. The molecule has 20 heavy (non-hydrogen) atoms. The molecule has 4 heteroatoms. The van der Waals surface area contributed by atoms with E-state index in [0.717, 1.165) is 39.4 Å². The first-order valence-electron chi connectivity index (χ1n) is 6.54. The van der Waals surface area contributed by atoms with Crippen LogP contribution in [-0.4, -0.2) is 18.2 Å². The quantitative estimate of drug-likeness (QED) is 0.914. The van der Waals surface area contributed by atoms with Crippen molar-refractivity contribution < 1.29 is 14.6 Å². The molecule has 1 saturated carbocycles. The fraction of sp³-hybridized carbons (Fsp3) is 0.312. The maximum atomic E-state index is 11.2. The lowest BCUT2D eigenvalue weighted by molar-refractivity contribution is -0.137. The number of carboxylic acids is 1. The van der Waals surface area contributed by atoms with Crippen LogP contribution in [0.5, 0.6) is 5.75 Å². The van der Waals surface area contributed by atoms with E-state index in [4.69, 9.17) is 4.74 Å². The van der Waals surface area contributed by atoms with Crippen molar-refractivity contribution in [3.63, 3.8) is 0 Å². The van der Waals surface area contributed by atoms with Crippen molar-refractivity contribution in [2.75, 3.05) is 7.11 Å². The van der Waals surface area contributed by atoms with Gasteiger partial charge in [-0.25, -0.2) is 0 Å². The SMILES string of the molecule is COc1ccc2cc(Br)ccc2c1C1(CC(=O)O)CC1. The van der Waals surface area contributed by atoms with Crippen molar-refractivity contribution >= 4 is 32.7 Å². The largest absolute Gasteiger partial charge is 0.496 e. The summed E-state index contributed by atoms with van der Waals surface area (Å²) in [6.07, 6.45) is 1.98. The first-order chi connectivity index (χ1) is 9.55. The highest BCUT2D eigenvalue weighted by molar-refractivity contribution is 9.10. The van der Waals surface area contributed by atoms with Gasteiger partial charge in [0.2, 0.25) is 0 Å². The van der Waals surface area contributed by atoms with Crippen LogP contribution in [0.3, 0.4) is 0 Å². The minimum Gasteiger partial charge on any atom is -0.496 e. The van der Waals surface area contributed by atoms with E-state index in [2.05, 4.69) is 22.0 Å². The number of halogens is 1. The molecule has 104 valence electrons. The molecule has 0 atom stereocenters. The lowest BCUT2D eigenvalue weighted by atomic mass is 9.87. The fourth-order valence-corrected chi connectivity index (χ4v) is 3.33. The van der Waals surface area contributed by atoms with Crippen LogP contribution in [0.25, 0.3) is 10.8 Å². The van der Waals surface area contributed by atoms with Gasteiger partial charge in [0.1, 0.15) is 5.75 Å². The summed E-state index contributed by atoms with van der Waals surface area (Å²) in [4.78, 5) is 11.2. The number of hydrogen-bond acceptors (Lipinski definition) is 2. The second-order valence-electron chi connectivity index (χ2n) is 5.36. The van der Waals surface area contributed by atoms with E-state index < -0.39 is 5.97 Å². The predicted octanol–water partition coefficient (Wildman–Crippen LogP) is 4.12. The average Bonchev–Trinajstić information content (AvgIpc) is 3.16. The number of carboxylic acid groups (broad SMARTS) is 1. The van der Waals surface area contributed by atoms with Gasteiger partial charge in [-0.05, 0) is 41.8 Å². The van der Waals surface area contributed by atoms with Crippen molar-refractivity contribution in [1.82, 2.24) is 0 Å². The van der Waals surface area contributed by atoms with Gasteiger partial charge in [-0.1, -0.05) is 28.1 Å². The second kappa shape index (κ2) is 4.77. The summed E-state index contributed by atoms with van der Waals surface area (Å²) in [6, 6.07) is 10.0. The molecule has 0 heterocycles. The summed E-state index contributed by atoms with van der Waals surface area (Å²) in [7, 11) is 1.64. The van der Waals surface area contributed by atoms with E-state index in [0.29, 0.717) is 0 Å². The van der Waals surface area contributed by atoms with E-state index in [1.165, 1.54) is 0 Å². The first-order valence-corrected chi connectivity index (χ1v) is 7.34. The molecular weight excluding hydrogens is 320 g/mol. The minimum absolute atomic E-state index is 0.165. The maximum absolute atomic E-state index is 11.2. The Kier molecular flexibility index (Phi) is 3.21. The third-order valence-electron chi connectivity index (χ3n) is 4.04. The Balaban J connectivity index is 2.24. The lowest BCUT2D eigenvalue weighted by Crippen LogP contribution is -2.14. The van der Waals surface area contributed by atoms with Crippen LogP contribution in [0.1, 0.15) is 24.8 Å². The molecule has 1 N–H and O–H groups in total. The highest BCUT2D eigenvalue weighted by atomic mass is 79.9. The van der Waals surface area contributed by atoms with Crippen molar-refractivity contribution in [3.05, 3.63) is 40.4 Å². The Morgan fingerprint density at radius 2 is 2.10 bits per heavy atom. The van der Waals surface area contributed by atoms with Gasteiger partial charge in [-0.15, -0.1) is 0 Å². The van der Waals surface area contributed by atoms with Crippen molar-refractivity contribution in [1.29, 1.82) is 0 Å². The van der Waals surface area contributed by atoms with Crippen LogP contribution in [0.2, 0.25) is 0 Å². The number of rotatable bonds is 4. The summed E-state index contributed by atoms with van der Waals surface area (Å²) in [5, 5.41) is 11.4. The number of benzene rings is 2. The van der Waals surface area contributed by atoms with Crippen molar-refractivity contribution in [3.8, 4) is 5.75 Å². The summed E-state index contributed by atoms with van der Waals surface area (Å²) in [5.74, 6) is 0.0391. The van der Waals surface area contributed by atoms with Crippen LogP contribution in [0, 0.1) is 0 Å². The van der Waals surface area contributed by atoms with Crippen LogP contribution < -0.4 is 4.74 Å². The molecule has 0 radical (unpaired) electrons. The number of methoxy groups -OCH3 is 1. The van der Waals surface area contributed by atoms with E-state index in [-0.39, 0.29) is 11.8 Å². The molecule has 2 aromatic carbocycles. The number of carbonyl (C=O) groups is 1. The van der Waals surface area contributed by atoms with Crippen LogP contribution in [0.15, 0.2) is 34.8 Å². The standard InChI is InChI=1S/C16H15BrO3/c1-20-13-5-2-10-8-11(17)3-4-12(10)15(13)16(6-7-16)9-14(18)19/h2-5,8H,6-7,9H2,1H3,(H,18,19). The smallest absolute Gasteiger partial charge is 0.304 e. The zero-order valence-electron chi connectivity index (χ0n) is 11.1. The van der Waals surface area contributed by atoms with Crippen molar-refractivity contribution in [2.45, 2.75) is 24.7 Å². The Hall–Kier alpha value is -1.55. The van der Waals surface area contributed by atoms with Gasteiger partial charge in [0.25, 0.3) is 0 Å². The summed E-state index contributed by atoms with van der Waals surface area (Å²) >= 11 is 3.47.